The standard InChI is InChI=1S/C21H23BN2O4/c1-13-3-6-19-16(9-13)17-11-23(2)8-7-20(17)24(19)21(26)14-4-5-18(22(27)28)15(10-14)12-25/h3-6,9-10,12,17,20,27-28H,7-8,11H2,1-2H3/t17-,20-/m1/s1. The lowest BCUT2D eigenvalue weighted by molar-refractivity contribution is 0.0964. The van der Waals surface area contributed by atoms with Crippen LogP contribution in [0.5, 0.6) is 0 Å². The summed E-state index contributed by atoms with van der Waals surface area (Å²) in [5.74, 6) is 0.103. The first-order chi connectivity index (χ1) is 13.4. The topological polar surface area (TPSA) is 81.1 Å². The van der Waals surface area contributed by atoms with Gasteiger partial charge in [-0.3, -0.25) is 9.59 Å². The highest BCUT2D eigenvalue weighted by molar-refractivity contribution is 6.60. The molecule has 1 fully saturated rings. The van der Waals surface area contributed by atoms with Gasteiger partial charge < -0.3 is 19.8 Å². The molecule has 0 radical (unpaired) electrons. The van der Waals surface area contributed by atoms with E-state index >= 15 is 0 Å². The number of aryl methyl sites for hydroxylation is 1. The molecule has 0 spiro atoms. The number of hydrogen-bond donors (Lipinski definition) is 2. The number of fused-ring (bicyclic) bond motifs is 3. The van der Waals surface area contributed by atoms with E-state index in [4.69, 9.17) is 0 Å². The number of piperidine rings is 1. The third kappa shape index (κ3) is 3.05. The molecule has 0 bridgehead atoms. The average Bonchev–Trinajstić information content (AvgIpc) is 2.99. The van der Waals surface area contributed by atoms with Crippen molar-refractivity contribution >= 4 is 30.5 Å². The summed E-state index contributed by atoms with van der Waals surface area (Å²) in [5, 5.41) is 18.8. The Morgan fingerprint density at radius 3 is 2.71 bits per heavy atom. The van der Waals surface area contributed by atoms with E-state index in [0.29, 0.717) is 11.8 Å². The van der Waals surface area contributed by atoms with Crippen LogP contribution in [0, 0.1) is 6.92 Å². The predicted octanol–water partition coefficient (Wildman–Crippen LogP) is 0.935. The summed E-state index contributed by atoms with van der Waals surface area (Å²) in [7, 11) is 0.351. The number of rotatable bonds is 3. The molecule has 2 N–H and O–H groups in total. The third-order valence-electron chi connectivity index (χ3n) is 5.91. The van der Waals surface area contributed by atoms with Crippen LogP contribution in [0.3, 0.4) is 0 Å². The molecule has 7 heteroatoms. The van der Waals surface area contributed by atoms with Crippen LogP contribution in [0.15, 0.2) is 36.4 Å². The molecule has 2 aliphatic heterocycles. The number of aldehydes is 1. The molecule has 0 aliphatic carbocycles. The third-order valence-corrected chi connectivity index (χ3v) is 5.91. The van der Waals surface area contributed by atoms with Gasteiger partial charge in [-0.25, -0.2) is 0 Å². The van der Waals surface area contributed by atoms with Crippen molar-refractivity contribution in [1.82, 2.24) is 4.90 Å². The van der Waals surface area contributed by atoms with E-state index in [2.05, 4.69) is 24.9 Å². The molecule has 4 rings (SSSR count). The van der Waals surface area contributed by atoms with E-state index in [1.54, 1.807) is 6.07 Å². The van der Waals surface area contributed by atoms with Crippen molar-refractivity contribution in [3.05, 3.63) is 58.7 Å². The highest BCUT2D eigenvalue weighted by atomic mass is 16.4. The summed E-state index contributed by atoms with van der Waals surface area (Å²) in [5.41, 5.74) is 3.88. The number of anilines is 1. The van der Waals surface area contributed by atoms with Gasteiger partial charge in [-0.15, -0.1) is 0 Å². The molecule has 28 heavy (non-hydrogen) atoms. The number of nitrogens with zero attached hydrogens (tertiary/aromatic N) is 2. The molecule has 2 atom stereocenters. The van der Waals surface area contributed by atoms with Crippen molar-refractivity contribution in [3.8, 4) is 0 Å². The Bertz CT molecular complexity index is 946. The summed E-state index contributed by atoms with van der Waals surface area (Å²) in [6.07, 6.45) is 1.43. The number of benzene rings is 2. The number of carbonyl (C=O) groups is 2. The molecule has 2 heterocycles. The maximum Gasteiger partial charge on any atom is 0.489 e. The molecular weight excluding hydrogens is 355 g/mol. The second-order valence-electron chi connectivity index (χ2n) is 7.80. The molecule has 1 saturated heterocycles. The van der Waals surface area contributed by atoms with Crippen LogP contribution >= 0.6 is 0 Å². The molecule has 0 aromatic heterocycles. The van der Waals surface area contributed by atoms with E-state index in [-0.39, 0.29) is 28.9 Å². The lowest BCUT2D eigenvalue weighted by atomic mass is 9.76. The van der Waals surface area contributed by atoms with Gasteiger partial charge in [0.15, 0.2) is 0 Å². The van der Waals surface area contributed by atoms with E-state index in [1.807, 2.05) is 17.0 Å². The first kappa shape index (κ1) is 18.9. The number of hydrogen-bond acceptors (Lipinski definition) is 5. The fourth-order valence-corrected chi connectivity index (χ4v) is 4.53. The van der Waals surface area contributed by atoms with Crippen LogP contribution in [0.25, 0.3) is 0 Å². The smallest absolute Gasteiger partial charge is 0.423 e. The summed E-state index contributed by atoms with van der Waals surface area (Å²) in [4.78, 5) is 29.0. The molecule has 6 nitrogen and oxygen atoms in total. The summed E-state index contributed by atoms with van der Waals surface area (Å²) in [6.45, 7) is 3.88. The van der Waals surface area contributed by atoms with Crippen molar-refractivity contribution < 1.29 is 19.6 Å². The van der Waals surface area contributed by atoms with Gasteiger partial charge in [0, 0.05) is 35.3 Å². The van der Waals surface area contributed by atoms with Crippen LogP contribution in [0.4, 0.5) is 5.69 Å². The van der Waals surface area contributed by atoms with Gasteiger partial charge in [-0.2, -0.15) is 0 Å². The Labute approximate surface area is 164 Å². The van der Waals surface area contributed by atoms with Gasteiger partial charge in [0.2, 0.25) is 0 Å². The Morgan fingerprint density at radius 2 is 2.00 bits per heavy atom. The largest absolute Gasteiger partial charge is 0.489 e. The fourth-order valence-electron chi connectivity index (χ4n) is 4.53. The molecule has 144 valence electrons. The van der Waals surface area contributed by atoms with E-state index in [1.165, 1.54) is 23.3 Å². The van der Waals surface area contributed by atoms with Gasteiger partial charge in [0.05, 0.1) is 0 Å². The maximum absolute atomic E-state index is 13.5. The van der Waals surface area contributed by atoms with Crippen molar-refractivity contribution in [2.75, 3.05) is 25.0 Å². The van der Waals surface area contributed by atoms with Gasteiger partial charge in [-0.05, 0) is 56.2 Å². The molecule has 2 aliphatic rings. The molecule has 1 amide bonds. The highest BCUT2D eigenvalue weighted by Crippen LogP contribution is 2.45. The van der Waals surface area contributed by atoms with Crippen LogP contribution in [-0.2, 0) is 0 Å². The molecular formula is C21H23BN2O4. The quantitative estimate of drug-likeness (QED) is 0.614. The van der Waals surface area contributed by atoms with Crippen molar-refractivity contribution in [2.24, 2.45) is 0 Å². The van der Waals surface area contributed by atoms with E-state index < -0.39 is 7.12 Å². The molecule has 2 aromatic rings. The van der Waals surface area contributed by atoms with Crippen LogP contribution in [0.1, 0.15) is 44.2 Å². The SMILES string of the molecule is Cc1ccc2c(c1)[C@H]1CN(C)CC[C@H]1N2C(=O)c1ccc(B(O)O)c(C=O)c1. The average molecular weight is 378 g/mol. The summed E-state index contributed by atoms with van der Waals surface area (Å²) < 4.78 is 0. The highest BCUT2D eigenvalue weighted by Gasteiger charge is 2.44. The number of amides is 1. The van der Waals surface area contributed by atoms with Crippen molar-refractivity contribution in [3.63, 3.8) is 0 Å². The number of likely N-dealkylation sites (N-methyl/N-ethyl adjacent to an activating group) is 1. The zero-order valence-corrected chi connectivity index (χ0v) is 16.0. The fraction of sp³-hybridized carbons (Fsp3) is 0.333. The normalized spacial score (nSPS) is 21.2. The Kier molecular flexibility index (Phi) is 4.83. The minimum Gasteiger partial charge on any atom is -0.423 e. The maximum atomic E-state index is 13.5. The predicted molar refractivity (Wildman–Crippen MR) is 108 cm³/mol. The Morgan fingerprint density at radius 1 is 1.21 bits per heavy atom. The lowest BCUT2D eigenvalue weighted by Crippen LogP contribution is -2.47. The van der Waals surface area contributed by atoms with Gasteiger partial charge >= 0.3 is 7.12 Å². The van der Waals surface area contributed by atoms with Crippen LogP contribution in [0.2, 0.25) is 0 Å². The second-order valence-corrected chi connectivity index (χ2v) is 7.80. The molecule has 0 saturated carbocycles. The van der Waals surface area contributed by atoms with E-state index in [0.717, 1.165) is 25.2 Å². The zero-order chi connectivity index (χ0) is 20.0. The van der Waals surface area contributed by atoms with Gasteiger partial charge in [0.1, 0.15) is 6.29 Å². The lowest BCUT2D eigenvalue weighted by Gasteiger charge is -2.36. The molecule has 0 unspecified atom stereocenters. The Balaban J connectivity index is 1.76. The summed E-state index contributed by atoms with van der Waals surface area (Å²) >= 11 is 0. The summed E-state index contributed by atoms with van der Waals surface area (Å²) in [6, 6.07) is 10.7. The first-order valence-corrected chi connectivity index (χ1v) is 9.48. The second kappa shape index (κ2) is 7.16. The van der Waals surface area contributed by atoms with E-state index in [9.17, 15) is 19.6 Å². The number of likely N-dealkylation sites (tertiary alicyclic amines) is 1. The molecule has 2 aromatic carbocycles. The van der Waals surface area contributed by atoms with Gasteiger partial charge in [-0.1, -0.05) is 23.8 Å². The minimum absolute atomic E-state index is 0.0864. The zero-order valence-electron chi connectivity index (χ0n) is 16.0. The first-order valence-electron chi connectivity index (χ1n) is 9.48. The monoisotopic (exact) mass is 378 g/mol. The minimum atomic E-state index is -1.75. The van der Waals surface area contributed by atoms with Crippen LogP contribution < -0.4 is 10.4 Å². The van der Waals surface area contributed by atoms with Crippen molar-refractivity contribution in [1.29, 1.82) is 0 Å². The Hall–Kier alpha value is -2.48. The number of carbonyl (C=O) groups excluding carboxylic acids is 2. The van der Waals surface area contributed by atoms with Gasteiger partial charge in [0.25, 0.3) is 5.91 Å². The van der Waals surface area contributed by atoms with Crippen LogP contribution in [-0.4, -0.2) is 60.4 Å². The van der Waals surface area contributed by atoms with Crippen molar-refractivity contribution in [2.45, 2.75) is 25.3 Å².